The van der Waals surface area contributed by atoms with Crippen molar-refractivity contribution in [1.82, 2.24) is 4.90 Å². The zero-order valence-corrected chi connectivity index (χ0v) is 14.3. The average molecular weight is 344 g/mol. The Bertz CT molecular complexity index is 684. The van der Waals surface area contributed by atoms with Crippen LogP contribution in [0.5, 0.6) is 0 Å². The van der Waals surface area contributed by atoms with Gasteiger partial charge in [-0.15, -0.1) is 0 Å². The van der Waals surface area contributed by atoms with E-state index >= 15 is 0 Å². The van der Waals surface area contributed by atoms with Gasteiger partial charge in [0.05, 0.1) is 16.8 Å². The van der Waals surface area contributed by atoms with Gasteiger partial charge in [0.2, 0.25) is 5.91 Å². The summed E-state index contributed by atoms with van der Waals surface area (Å²) in [4.78, 5) is 16.6. The molecular formula is C19H22ClN3O. The third-order valence-electron chi connectivity index (χ3n) is 4.40. The van der Waals surface area contributed by atoms with Crippen LogP contribution in [-0.4, -0.2) is 43.0 Å². The van der Waals surface area contributed by atoms with Gasteiger partial charge in [-0.2, -0.15) is 0 Å². The molecule has 2 aromatic carbocycles. The summed E-state index contributed by atoms with van der Waals surface area (Å²) in [6.07, 6.45) is 0.574. The van der Waals surface area contributed by atoms with Crippen molar-refractivity contribution in [2.24, 2.45) is 5.73 Å². The number of carbonyl (C=O) groups is 1. The van der Waals surface area contributed by atoms with Crippen molar-refractivity contribution in [2.45, 2.75) is 12.5 Å². The highest BCUT2D eigenvalue weighted by Gasteiger charge is 2.26. The van der Waals surface area contributed by atoms with Gasteiger partial charge >= 0.3 is 0 Å². The maximum atomic E-state index is 12.6. The molecule has 0 aromatic heterocycles. The van der Waals surface area contributed by atoms with Gasteiger partial charge in [0, 0.05) is 26.2 Å². The van der Waals surface area contributed by atoms with Crippen LogP contribution in [0.4, 0.5) is 5.69 Å². The second-order valence-corrected chi connectivity index (χ2v) is 6.47. The first kappa shape index (κ1) is 16.8. The molecule has 0 radical (unpaired) electrons. The van der Waals surface area contributed by atoms with E-state index in [0.717, 1.165) is 29.4 Å². The highest BCUT2D eigenvalue weighted by Crippen LogP contribution is 2.26. The van der Waals surface area contributed by atoms with Crippen LogP contribution >= 0.6 is 11.6 Å². The summed E-state index contributed by atoms with van der Waals surface area (Å²) in [5.74, 6) is 0.0256. The number of carbonyl (C=O) groups excluding carboxylic acids is 1. The van der Waals surface area contributed by atoms with Crippen molar-refractivity contribution in [3.05, 3.63) is 65.2 Å². The minimum absolute atomic E-state index is 0.0256. The molecule has 0 saturated carbocycles. The summed E-state index contributed by atoms with van der Waals surface area (Å²) in [6, 6.07) is 17.2. The van der Waals surface area contributed by atoms with Crippen LogP contribution in [0.1, 0.15) is 5.56 Å². The second kappa shape index (κ2) is 7.69. The van der Waals surface area contributed by atoms with E-state index in [0.29, 0.717) is 19.5 Å². The van der Waals surface area contributed by atoms with E-state index in [1.165, 1.54) is 0 Å². The number of halogens is 1. The molecule has 126 valence electrons. The number of amides is 1. The van der Waals surface area contributed by atoms with E-state index in [4.69, 9.17) is 17.3 Å². The van der Waals surface area contributed by atoms with Crippen molar-refractivity contribution in [2.75, 3.05) is 31.1 Å². The summed E-state index contributed by atoms with van der Waals surface area (Å²) in [5, 5.41) is 0.748. The Kier molecular flexibility index (Phi) is 5.38. The lowest BCUT2D eigenvalue weighted by molar-refractivity contribution is -0.132. The molecule has 1 atom stereocenters. The molecule has 5 heteroatoms. The van der Waals surface area contributed by atoms with Crippen LogP contribution in [0.25, 0.3) is 0 Å². The lowest BCUT2D eigenvalue weighted by Gasteiger charge is -2.37. The van der Waals surface area contributed by atoms with Crippen LogP contribution in [0, 0.1) is 0 Å². The molecule has 0 spiro atoms. The van der Waals surface area contributed by atoms with E-state index < -0.39 is 6.04 Å². The Hall–Kier alpha value is -2.04. The third kappa shape index (κ3) is 3.89. The number of piperazine rings is 1. The second-order valence-electron chi connectivity index (χ2n) is 6.06. The van der Waals surface area contributed by atoms with Crippen molar-refractivity contribution >= 4 is 23.2 Å². The summed E-state index contributed by atoms with van der Waals surface area (Å²) in [7, 11) is 0. The van der Waals surface area contributed by atoms with Crippen LogP contribution in [0.3, 0.4) is 0 Å². The fourth-order valence-electron chi connectivity index (χ4n) is 3.07. The zero-order valence-electron chi connectivity index (χ0n) is 13.6. The average Bonchev–Trinajstić information content (AvgIpc) is 2.62. The van der Waals surface area contributed by atoms with Crippen LogP contribution in [-0.2, 0) is 11.2 Å². The van der Waals surface area contributed by atoms with Gasteiger partial charge in [-0.1, -0.05) is 54.1 Å². The normalized spacial score (nSPS) is 16.1. The number of para-hydroxylation sites is 1. The van der Waals surface area contributed by atoms with E-state index in [1.54, 1.807) is 0 Å². The number of benzene rings is 2. The summed E-state index contributed by atoms with van der Waals surface area (Å²) < 4.78 is 0. The predicted octanol–water partition coefficient (Wildman–Crippen LogP) is 2.56. The van der Waals surface area contributed by atoms with Gasteiger partial charge in [0.15, 0.2) is 0 Å². The first-order valence-corrected chi connectivity index (χ1v) is 8.61. The fourth-order valence-corrected chi connectivity index (χ4v) is 3.32. The minimum Gasteiger partial charge on any atom is -0.367 e. The largest absolute Gasteiger partial charge is 0.367 e. The molecule has 0 aliphatic carbocycles. The number of nitrogens with two attached hydrogens (primary N) is 1. The fraction of sp³-hybridized carbons (Fsp3) is 0.316. The van der Waals surface area contributed by atoms with E-state index in [-0.39, 0.29) is 5.91 Å². The minimum atomic E-state index is -0.487. The standard InChI is InChI=1S/C19H22ClN3O/c20-16-8-4-5-9-18(16)22-10-12-23(13-11-22)19(24)17(21)14-15-6-2-1-3-7-15/h1-9,17H,10-14,21H2. The molecule has 1 heterocycles. The summed E-state index contributed by atoms with van der Waals surface area (Å²) in [6.45, 7) is 2.89. The number of nitrogens with zero attached hydrogens (tertiary/aromatic N) is 2. The highest BCUT2D eigenvalue weighted by molar-refractivity contribution is 6.33. The van der Waals surface area contributed by atoms with Crippen molar-refractivity contribution in [3.63, 3.8) is 0 Å². The highest BCUT2D eigenvalue weighted by atomic mass is 35.5. The third-order valence-corrected chi connectivity index (χ3v) is 4.72. The molecule has 0 bridgehead atoms. The molecule has 2 aromatic rings. The molecule has 1 amide bonds. The topological polar surface area (TPSA) is 49.6 Å². The van der Waals surface area contributed by atoms with E-state index in [2.05, 4.69) is 4.90 Å². The van der Waals surface area contributed by atoms with Gasteiger partial charge in [-0.05, 0) is 24.1 Å². The quantitative estimate of drug-likeness (QED) is 0.928. The smallest absolute Gasteiger partial charge is 0.239 e. The molecule has 3 rings (SSSR count). The first-order valence-electron chi connectivity index (χ1n) is 8.23. The number of rotatable bonds is 4. The first-order chi connectivity index (χ1) is 11.6. The van der Waals surface area contributed by atoms with Crippen molar-refractivity contribution in [3.8, 4) is 0 Å². The lowest BCUT2D eigenvalue weighted by Crippen LogP contribution is -2.53. The Morgan fingerprint density at radius 2 is 1.62 bits per heavy atom. The maximum Gasteiger partial charge on any atom is 0.239 e. The predicted molar refractivity (Wildman–Crippen MR) is 98.4 cm³/mol. The molecule has 1 fully saturated rings. The van der Waals surface area contributed by atoms with E-state index in [9.17, 15) is 4.79 Å². The summed E-state index contributed by atoms with van der Waals surface area (Å²) >= 11 is 6.26. The van der Waals surface area contributed by atoms with Gasteiger partial charge in [0.25, 0.3) is 0 Å². The molecule has 4 nitrogen and oxygen atoms in total. The molecule has 2 N–H and O–H groups in total. The van der Waals surface area contributed by atoms with Crippen molar-refractivity contribution < 1.29 is 4.79 Å². The van der Waals surface area contributed by atoms with Crippen LogP contribution < -0.4 is 10.6 Å². The van der Waals surface area contributed by atoms with Crippen molar-refractivity contribution in [1.29, 1.82) is 0 Å². The molecule has 1 unspecified atom stereocenters. The summed E-state index contributed by atoms with van der Waals surface area (Å²) in [5.41, 5.74) is 8.24. The van der Waals surface area contributed by atoms with Crippen LogP contribution in [0.2, 0.25) is 5.02 Å². The Morgan fingerprint density at radius 3 is 2.29 bits per heavy atom. The molecule has 1 saturated heterocycles. The molecule has 24 heavy (non-hydrogen) atoms. The molecular weight excluding hydrogens is 322 g/mol. The van der Waals surface area contributed by atoms with Gasteiger partial charge < -0.3 is 15.5 Å². The Balaban J connectivity index is 1.56. The maximum absolute atomic E-state index is 12.6. The van der Waals surface area contributed by atoms with Gasteiger partial charge in [0.1, 0.15) is 0 Å². The number of anilines is 1. The van der Waals surface area contributed by atoms with Gasteiger partial charge in [-0.25, -0.2) is 0 Å². The SMILES string of the molecule is NC(Cc1ccccc1)C(=O)N1CCN(c2ccccc2Cl)CC1. The molecule has 1 aliphatic rings. The molecule has 1 aliphatic heterocycles. The Morgan fingerprint density at radius 1 is 1.00 bits per heavy atom. The monoisotopic (exact) mass is 343 g/mol. The van der Waals surface area contributed by atoms with Crippen LogP contribution in [0.15, 0.2) is 54.6 Å². The lowest BCUT2D eigenvalue weighted by atomic mass is 10.1. The number of hydrogen-bond donors (Lipinski definition) is 1. The zero-order chi connectivity index (χ0) is 16.9. The van der Waals surface area contributed by atoms with Gasteiger partial charge in [-0.3, -0.25) is 4.79 Å². The number of hydrogen-bond acceptors (Lipinski definition) is 3. The Labute approximate surface area is 147 Å². The van der Waals surface area contributed by atoms with E-state index in [1.807, 2.05) is 59.5 Å².